The molecule has 1 N–H and O–H groups in total. The maximum absolute atomic E-state index is 5.33. The van der Waals surface area contributed by atoms with Gasteiger partial charge in [0.25, 0.3) is 0 Å². The third-order valence-corrected chi connectivity index (χ3v) is 3.05. The van der Waals surface area contributed by atoms with E-state index in [1.807, 2.05) is 18.3 Å². The Labute approximate surface area is 109 Å². The van der Waals surface area contributed by atoms with Crippen LogP contribution in [0.4, 0.5) is 5.82 Å². The van der Waals surface area contributed by atoms with Crippen LogP contribution in [0.25, 0.3) is 0 Å². The number of nitrogens with one attached hydrogen (secondary N) is 1. The number of rotatable bonds is 5. The van der Waals surface area contributed by atoms with E-state index in [-0.39, 0.29) is 0 Å². The van der Waals surface area contributed by atoms with Gasteiger partial charge in [-0.25, -0.2) is 4.98 Å². The number of hydrogen-bond acceptors (Lipinski definition) is 4. The van der Waals surface area contributed by atoms with E-state index in [4.69, 9.17) is 4.74 Å². The third-order valence-electron chi connectivity index (χ3n) is 3.05. The normalized spacial score (nSPS) is 16.5. The SMILES string of the molecule is C=C(CCN1CCOCC1)Nc1cc(C)ccn1. The zero-order valence-corrected chi connectivity index (χ0v) is 11.0. The summed E-state index contributed by atoms with van der Waals surface area (Å²) in [5.41, 5.74) is 2.22. The summed E-state index contributed by atoms with van der Waals surface area (Å²) in [5, 5.41) is 3.26. The smallest absolute Gasteiger partial charge is 0.130 e. The van der Waals surface area contributed by atoms with E-state index in [0.29, 0.717) is 0 Å². The van der Waals surface area contributed by atoms with Crippen LogP contribution < -0.4 is 5.32 Å². The van der Waals surface area contributed by atoms with Gasteiger partial charge >= 0.3 is 0 Å². The Bertz CT molecular complexity index is 400. The number of nitrogens with zero attached hydrogens (tertiary/aromatic N) is 2. The van der Waals surface area contributed by atoms with Gasteiger partial charge < -0.3 is 10.1 Å². The monoisotopic (exact) mass is 247 g/mol. The predicted molar refractivity (Wildman–Crippen MR) is 73.6 cm³/mol. The van der Waals surface area contributed by atoms with Gasteiger partial charge in [-0.05, 0) is 31.0 Å². The van der Waals surface area contributed by atoms with E-state index >= 15 is 0 Å². The van der Waals surface area contributed by atoms with Crippen molar-refractivity contribution in [2.45, 2.75) is 13.3 Å². The molecule has 4 nitrogen and oxygen atoms in total. The fraction of sp³-hybridized carbons (Fsp3) is 0.500. The predicted octanol–water partition coefficient (Wildman–Crippen LogP) is 2.04. The number of hydrogen-bond donors (Lipinski definition) is 1. The van der Waals surface area contributed by atoms with Crippen LogP contribution in [0.1, 0.15) is 12.0 Å². The number of morpholine rings is 1. The highest BCUT2D eigenvalue weighted by atomic mass is 16.5. The number of pyridine rings is 1. The quantitative estimate of drug-likeness (QED) is 0.864. The lowest BCUT2D eigenvalue weighted by Gasteiger charge is -2.26. The second kappa shape index (κ2) is 6.52. The number of aromatic nitrogens is 1. The van der Waals surface area contributed by atoms with Crippen molar-refractivity contribution < 1.29 is 4.74 Å². The van der Waals surface area contributed by atoms with Crippen molar-refractivity contribution in [1.29, 1.82) is 0 Å². The molecule has 1 aliphatic heterocycles. The molecule has 2 heterocycles. The molecule has 4 heteroatoms. The minimum Gasteiger partial charge on any atom is -0.379 e. The summed E-state index contributed by atoms with van der Waals surface area (Å²) < 4.78 is 5.33. The van der Waals surface area contributed by atoms with E-state index < -0.39 is 0 Å². The van der Waals surface area contributed by atoms with Crippen molar-refractivity contribution in [2.24, 2.45) is 0 Å². The second-order valence-electron chi connectivity index (χ2n) is 4.65. The molecule has 1 aliphatic rings. The Hall–Kier alpha value is -1.39. The van der Waals surface area contributed by atoms with Gasteiger partial charge in [-0.3, -0.25) is 4.90 Å². The maximum Gasteiger partial charge on any atom is 0.130 e. The van der Waals surface area contributed by atoms with Crippen molar-refractivity contribution in [2.75, 3.05) is 38.2 Å². The lowest BCUT2D eigenvalue weighted by Crippen LogP contribution is -2.37. The van der Waals surface area contributed by atoms with Crippen molar-refractivity contribution in [3.05, 3.63) is 36.2 Å². The molecule has 1 aromatic heterocycles. The van der Waals surface area contributed by atoms with Crippen LogP contribution >= 0.6 is 0 Å². The molecule has 0 amide bonds. The Morgan fingerprint density at radius 3 is 3.00 bits per heavy atom. The lowest BCUT2D eigenvalue weighted by molar-refractivity contribution is 0.0385. The number of aryl methyl sites for hydroxylation is 1. The molecule has 0 radical (unpaired) electrons. The lowest BCUT2D eigenvalue weighted by atomic mass is 10.2. The van der Waals surface area contributed by atoms with Crippen LogP contribution in [-0.2, 0) is 4.74 Å². The molecule has 0 unspecified atom stereocenters. The highest BCUT2D eigenvalue weighted by Crippen LogP contribution is 2.10. The van der Waals surface area contributed by atoms with Crippen LogP contribution in [0.5, 0.6) is 0 Å². The van der Waals surface area contributed by atoms with Gasteiger partial charge in [-0.15, -0.1) is 0 Å². The zero-order valence-electron chi connectivity index (χ0n) is 11.0. The molecule has 2 rings (SSSR count). The molecular formula is C14H21N3O. The number of anilines is 1. The van der Waals surface area contributed by atoms with E-state index in [1.165, 1.54) is 5.56 Å². The first-order valence-corrected chi connectivity index (χ1v) is 6.41. The molecular weight excluding hydrogens is 226 g/mol. The fourth-order valence-electron chi connectivity index (χ4n) is 1.97. The molecule has 1 aromatic rings. The first-order valence-electron chi connectivity index (χ1n) is 6.41. The summed E-state index contributed by atoms with van der Waals surface area (Å²) in [6.07, 6.45) is 2.75. The molecule has 0 atom stereocenters. The van der Waals surface area contributed by atoms with E-state index in [1.54, 1.807) is 0 Å². The largest absolute Gasteiger partial charge is 0.379 e. The van der Waals surface area contributed by atoms with Crippen molar-refractivity contribution in [3.8, 4) is 0 Å². The van der Waals surface area contributed by atoms with Gasteiger partial charge in [0.15, 0.2) is 0 Å². The summed E-state index contributed by atoms with van der Waals surface area (Å²) >= 11 is 0. The first kappa shape index (κ1) is 13.1. The van der Waals surface area contributed by atoms with Gasteiger partial charge in [-0.2, -0.15) is 0 Å². The average Bonchev–Trinajstić information content (AvgIpc) is 2.38. The molecule has 0 bridgehead atoms. The fourth-order valence-corrected chi connectivity index (χ4v) is 1.97. The molecule has 0 aromatic carbocycles. The molecule has 18 heavy (non-hydrogen) atoms. The Morgan fingerprint density at radius 1 is 1.50 bits per heavy atom. The molecule has 0 spiro atoms. The van der Waals surface area contributed by atoms with Gasteiger partial charge in [0, 0.05) is 31.5 Å². The molecule has 0 aliphatic carbocycles. The van der Waals surface area contributed by atoms with Crippen LogP contribution in [0.15, 0.2) is 30.6 Å². The Kier molecular flexibility index (Phi) is 4.73. The summed E-state index contributed by atoms with van der Waals surface area (Å²) in [6.45, 7) is 10.9. The van der Waals surface area contributed by atoms with E-state index in [9.17, 15) is 0 Å². The van der Waals surface area contributed by atoms with Gasteiger partial charge in [0.2, 0.25) is 0 Å². The highest BCUT2D eigenvalue weighted by molar-refractivity contribution is 5.42. The maximum atomic E-state index is 5.33. The van der Waals surface area contributed by atoms with Crippen LogP contribution in [0.3, 0.4) is 0 Å². The highest BCUT2D eigenvalue weighted by Gasteiger charge is 2.10. The zero-order chi connectivity index (χ0) is 12.8. The minimum atomic E-state index is 0.847. The summed E-state index contributed by atoms with van der Waals surface area (Å²) in [7, 11) is 0. The Morgan fingerprint density at radius 2 is 2.28 bits per heavy atom. The molecule has 0 saturated carbocycles. The van der Waals surface area contributed by atoms with Gasteiger partial charge in [0.1, 0.15) is 5.82 Å². The molecule has 98 valence electrons. The van der Waals surface area contributed by atoms with E-state index in [2.05, 4.69) is 28.7 Å². The van der Waals surface area contributed by atoms with E-state index in [0.717, 1.165) is 50.8 Å². The summed E-state index contributed by atoms with van der Waals surface area (Å²) in [6, 6.07) is 4.02. The van der Waals surface area contributed by atoms with Crippen molar-refractivity contribution >= 4 is 5.82 Å². The van der Waals surface area contributed by atoms with Crippen LogP contribution in [0, 0.1) is 6.92 Å². The van der Waals surface area contributed by atoms with Crippen LogP contribution in [-0.4, -0.2) is 42.7 Å². The van der Waals surface area contributed by atoms with Crippen LogP contribution in [0.2, 0.25) is 0 Å². The van der Waals surface area contributed by atoms with Gasteiger partial charge in [0.05, 0.1) is 13.2 Å². The average molecular weight is 247 g/mol. The van der Waals surface area contributed by atoms with Crippen molar-refractivity contribution in [1.82, 2.24) is 9.88 Å². The first-order chi connectivity index (χ1) is 8.74. The van der Waals surface area contributed by atoms with Crippen molar-refractivity contribution in [3.63, 3.8) is 0 Å². The standard InChI is InChI=1S/C14H21N3O/c1-12-3-5-15-14(11-12)16-13(2)4-6-17-7-9-18-10-8-17/h3,5,11H,2,4,6-10H2,1H3,(H,15,16). The topological polar surface area (TPSA) is 37.4 Å². The second-order valence-corrected chi connectivity index (χ2v) is 4.65. The summed E-state index contributed by atoms with van der Waals surface area (Å²) in [4.78, 5) is 6.67. The number of ether oxygens (including phenoxy) is 1. The molecule has 1 saturated heterocycles. The third kappa shape index (κ3) is 4.13. The Balaban J connectivity index is 1.74. The molecule has 1 fully saturated rings. The minimum absolute atomic E-state index is 0.847. The summed E-state index contributed by atoms with van der Waals surface area (Å²) in [5.74, 6) is 0.877. The van der Waals surface area contributed by atoms with Gasteiger partial charge in [-0.1, -0.05) is 6.58 Å².